The summed E-state index contributed by atoms with van der Waals surface area (Å²) < 4.78 is 40.1. The summed E-state index contributed by atoms with van der Waals surface area (Å²) in [6, 6.07) is 3.74. The number of nitrogen functional groups attached to an aromatic ring is 1. The van der Waals surface area contributed by atoms with Gasteiger partial charge in [-0.05, 0) is 30.0 Å². The SMILES string of the molecule is Cc1ccc(C(O)(CN)C(F)(F)F)cc1-c1cnc(N)c(C(=O)CC(C)C)n1. The Kier molecular flexibility index (Phi) is 6.10. The molecule has 1 heterocycles. The molecule has 0 saturated carbocycles. The predicted molar refractivity (Wildman–Crippen MR) is 99.4 cm³/mol. The molecule has 1 aromatic carbocycles. The van der Waals surface area contributed by atoms with E-state index in [1.807, 2.05) is 13.8 Å². The molecule has 1 atom stereocenters. The van der Waals surface area contributed by atoms with Crippen molar-refractivity contribution < 1.29 is 23.1 Å². The van der Waals surface area contributed by atoms with Gasteiger partial charge in [0.15, 0.2) is 17.2 Å². The first-order valence-electron chi connectivity index (χ1n) is 8.67. The van der Waals surface area contributed by atoms with E-state index in [1.165, 1.54) is 12.3 Å². The Morgan fingerprint density at radius 3 is 2.46 bits per heavy atom. The lowest BCUT2D eigenvalue weighted by Crippen LogP contribution is -2.48. The number of ketones is 1. The number of hydrogen-bond donors (Lipinski definition) is 3. The quantitative estimate of drug-likeness (QED) is 0.647. The van der Waals surface area contributed by atoms with E-state index in [9.17, 15) is 23.1 Å². The molecule has 2 aromatic rings. The number of rotatable bonds is 6. The molecule has 0 bridgehead atoms. The van der Waals surface area contributed by atoms with Gasteiger partial charge in [-0.1, -0.05) is 26.0 Å². The molecule has 1 aromatic heterocycles. The lowest BCUT2D eigenvalue weighted by Gasteiger charge is -2.30. The Bertz CT molecular complexity index is 884. The number of Topliss-reactive ketones (excluding diaryl/α,β-unsaturated/α-hetero) is 1. The number of nitrogens with two attached hydrogens (primary N) is 2. The van der Waals surface area contributed by atoms with Gasteiger partial charge in [0.25, 0.3) is 0 Å². The number of alkyl halides is 3. The van der Waals surface area contributed by atoms with Crippen LogP contribution < -0.4 is 11.5 Å². The van der Waals surface area contributed by atoms with Crippen molar-refractivity contribution in [1.29, 1.82) is 0 Å². The fraction of sp³-hybridized carbons (Fsp3) is 0.421. The summed E-state index contributed by atoms with van der Waals surface area (Å²) in [5, 5.41) is 10.1. The van der Waals surface area contributed by atoms with Gasteiger partial charge in [-0.25, -0.2) is 9.97 Å². The average molecular weight is 396 g/mol. The molecule has 2 rings (SSSR count). The number of aliphatic hydroxyl groups is 1. The molecule has 6 nitrogen and oxygen atoms in total. The first-order valence-corrected chi connectivity index (χ1v) is 8.67. The first kappa shape index (κ1) is 21.8. The maximum atomic E-state index is 13.4. The highest BCUT2D eigenvalue weighted by molar-refractivity contribution is 5.98. The number of carbonyl (C=O) groups excluding carboxylic acids is 1. The number of carbonyl (C=O) groups is 1. The Hall–Kier alpha value is -2.52. The third-order valence-electron chi connectivity index (χ3n) is 4.41. The van der Waals surface area contributed by atoms with Gasteiger partial charge >= 0.3 is 6.18 Å². The zero-order valence-corrected chi connectivity index (χ0v) is 15.8. The van der Waals surface area contributed by atoms with E-state index in [2.05, 4.69) is 9.97 Å². The molecule has 0 radical (unpaired) electrons. The number of anilines is 1. The summed E-state index contributed by atoms with van der Waals surface area (Å²) in [6.45, 7) is 4.36. The number of nitrogens with zero attached hydrogens (tertiary/aromatic N) is 2. The molecule has 152 valence electrons. The lowest BCUT2D eigenvalue weighted by molar-refractivity contribution is -0.262. The summed E-state index contributed by atoms with van der Waals surface area (Å²) >= 11 is 0. The van der Waals surface area contributed by atoms with Crippen LogP contribution in [0.4, 0.5) is 19.0 Å². The van der Waals surface area contributed by atoms with Crippen LogP contribution in [0.25, 0.3) is 11.3 Å². The Morgan fingerprint density at radius 1 is 1.29 bits per heavy atom. The van der Waals surface area contributed by atoms with Gasteiger partial charge in [0.1, 0.15) is 5.69 Å². The Labute approximate surface area is 160 Å². The highest BCUT2D eigenvalue weighted by Gasteiger charge is 2.54. The van der Waals surface area contributed by atoms with Crippen LogP contribution in [0.15, 0.2) is 24.4 Å². The number of benzene rings is 1. The predicted octanol–water partition coefficient (Wildman–Crippen LogP) is 2.97. The number of aryl methyl sites for hydroxylation is 1. The number of hydrogen-bond acceptors (Lipinski definition) is 6. The van der Waals surface area contributed by atoms with Crippen molar-refractivity contribution in [3.63, 3.8) is 0 Å². The first-order chi connectivity index (χ1) is 12.9. The minimum Gasteiger partial charge on any atom is -0.382 e. The van der Waals surface area contributed by atoms with Crippen LogP contribution in [0.3, 0.4) is 0 Å². The van der Waals surface area contributed by atoms with Crippen molar-refractivity contribution in [1.82, 2.24) is 9.97 Å². The second-order valence-electron chi connectivity index (χ2n) is 7.10. The van der Waals surface area contributed by atoms with Crippen LogP contribution in [0.1, 0.15) is 41.9 Å². The molecule has 0 aliphatic heterocycles. The normalized spacial score (nSPS) is 14.2. The number of aromatic nitrogens is 2. The molecule has 0 fully saturated rings. The molecule has 28 heavy (non-hydrogen) atoms. The molecular formula is C19H23F3N4O2. The van der Waals surface area contributed by atoms with Gasteiger partial charge in [-0.3, -0.25) is 4.79 Å². The summed E-state index contributed by atoms with van der Waals surface area (Å²) in [5.74, 6) is -0.268. The topological polar surface area (TPSA) is 115 Å². The van der Waals surface area contributed by atoms with Crippen LogP contribution >= 0.6 is 0 Å². The minimum absolute atomic E-state index is 0.0269. The van der Waals surface area contributed by atoms with E-state index in [4.69, 9.17) is 11.5 Å². The summed E-state index contributed by atoms with van der Waals surface area (Å²) in [5.41, 5.74) is 8.40. The second kappa shape index (κ2) is 7.84. The molecule has 0 saturated heterocycles. The van der Waals surface area contributed by atoms with Crippen LogP contribution in [-0.4, -0.2) is 33.6 Å². The highest BCUT2D eigenvalue weighted by Crippen LogP contribution is 2.39. The molecule has 1 unspecified atom stereocenters. The van der Waals surface area contributed by atoms with Gasteiger partial charge in [-0.2, -0.15) is 13.2 Å². The van der Waals surface area contributed by atoms with Gasteiger partial charge < -0.3 is 16.6 Å². The molecule has 0 spiro atoms. The smallest absolute Gasteiger partial charge is 0.382 e. The van der Waals surface area contributed by atoms with E-state index in [1.54, 1.807) is 6.92 Å². The number of halogens is 3. The Morgan fingerprint density at radius 2 is 1.93 bits per heavy atom. The third-order valence-corrected chi connectivity index (χ3v) is 4.41. The zero-order chi connectivity index (χ0) is 21.3. The molecule has 5 N–H and O–H groups in total. The minimum atomic E-state index is -4.96. The maximum Gasteiger partial charge on any atom is 0.422 e. The van der Waals surface area contributed by atoms with Crippen LogP contribution in [0, 0.1) is 12.8 Å². The van der Waals surface area contributed by atoms with Crippen LogP contribution in [-0.2, 0) is 5.60 Å². The van der Waals surface area contributed by atoms with Crippen molar-refractivity contribution in [3.05, 3.63) is 41.2 Å². The molecular weight excluding hydrogens is 373 g/mol. The average Bonchev–Trinajstić information content (AvgIpc) is 2.60. The fourth-order valence-electron chi connectivity index (χ4n) is 2.75. The van der Waals surface area contributed by atoms with Crippen molar-refractivity contribution in [3.8, 4) is 11.3 Å². The fourth-order valence-corrected chi connectivity index (χ4v) is 2.75. The van der Waals surface area contributed by atoms with Crippen molar-refractivity contribution in [2.45, 2.75) is 39.0 Å². The van der Waals surface area contributed by atoms with E-state index in [0.717, 1.165) is 12.1 Å². The van der Waals surface area contributed by atoms with Gasteiger partial charge in [0, 0.05) is 18.5 Å². The lowest BCUT2D eigenvalue weighted by atomic mass is 9.89. The summed E-state index contributed by atoms with van der Waals surface area (Å²) in [4.78, 5) is 20.6. The summed E-state index contributed by atoms with van der Waals surface area (Å²) in [6.07, 6.45) is -3.47. The van der Waals surface area contributed by atoms with E-state index < -0.39 is 23.9 Å². The van der Waals surface area contributed by atoms with E-state index >= 15 is 0 Å². The second-order valence-corrected chi connectivity index (χ2v) is 7.10. The zero-order valence-electron chi connectivity index (χ0n) is 15.8. The van der Waals surface area contributed by atoms with Crippen molar-refractivity contribution in [2.24, 2.45) is 11.7 Å². The molecule has 0 aliphatic rings. The van der Waals surface area contributed by atoms with Crippen molar-refractivity contribution >= 4 is 11.6 Å². The maximum absolute atomic E-state index is 13.4. The van der Waals surface area contributed by atoms with Crippen molar-refractivity contribution in [2.75, 3.05) is 12.3 Å². The van der Waals surface area contributed by atoms with Crippen LogP contribution in [0.5, 0.6) is 0 Å². The van der Waals surface area contributed by atoms with Gasteiger partial charge in [0.05, 0.1) is 11.9 Å². The third kappa shape index (κ3) is 4.15. The Balaban J connectivity index is 2.59. The highest BCUT2D eigenvalue weighted by atomic mass is 19.4. The molecule has 0 aliphatic carbocycles. The van der Waals surface area contributed by atoms with Gasteiger partial charge in [-0.15, -0.1) is 0 Å². The summed E-state index contributed by atoms with van der Waals surface area (Å²) in [7, 11) is 0. The largest absolute Gasteiger partial charge is 0.422 e. The monoisotopic (exact) mass is 396 g/mol. The van der Waals surface area contributed by atoms with E-state index in [0.29, 0.717) is 11.1 Å². The van der Waals surface area contributed by atoms with Gasteiger partial charge in [0.2, 0.25) is 0 Å². The van der Waals surface area contributed by atoms with Crippen LogP contribution in [0.2, 0.25) is 0 Å². The standard InChI is InChI=1S/C19H23F3N4O2/c1-10(2)6-15(27)16-17(24)25-8-14(26-16)13-7-12(5-4-11(13)3)18(28,9-23)19(20,21)22/h4-5,7-8,10,28H,6,9,23H2,1-3H3,(H2,24,25). The van der Waals surface area contributed by atoms with E-state index in [-0.39, 0.29) is 35.3 Å². The molecule has 9 heteroatoms. The molecule has 0 amide bonds.